The number of esters is 2. The summed E-state index contributed by atoms with van der Waals surface area (Å²) in [5, 5.41) is 0. The van der Waals surface area contributed by atoms with E-state index in [9.17, 15) is 9.59 Å². The van der Waals surface area contributed by atoms with Crippen LogP contribution in [0.3, 0.4) is 0 Å². The molecular formula is C55H64O3. The zero-order chi connectivity index (χ0) is 41.5. The maximum Gasteiger partial charge on any atom is 0.346 e. The van der Waals surface area contributed by atoms with Gasteiger partial charge in [-0.3, -0.25) is 0 Å². The summed E-state index contributed by atoms with van der Waals surface area (Å²) in [6, 6.07) is 27.5. The molecule has 0 heterocycles. The lowest BCUT2D eigenvalue weighted by Gasteiger charge is -2.43. The molecular weight excluding hydrogens is 709 g/mol. The first-order valence-electron chi connectivity index (χ1n) is 21.9. The fraction of sp³-hybridized carbons (Fsp3) is 0.455. The highest BCUT2D eigenvalue weighted by atomic mass is 16.6. The number of fused-ring (bicyclic) bond motifs is 2. The van der Waals surface area contributed by atoms with Gasteiger partial charge in [-0.15, -0.1) is 0 Å². The quantitative estimate of drug-likeness (QED) is 0.111. The van der Waals surface area contributed by atoms with E-state index in [1.807, 2.05) is 48.5 Å². The lowest BCUT2D eigenvalue weighted by molar-refractivity contribution is 0.0397. The highest BCUT2D eigenvalue weighted by Gasteiger charge is 2.41. The summed E-state index contributed by atoms with van der Waals surface area (Å²) in [6.45, 7) is 30.4. The van der Waals surface area contributed by atoms with Crippen LogP contribution < -0.4 is 0 Å². The van der Waals surface area contributed by atoms with Gasteiger partial charge in [0.25, 0.3) is 0 Å². The number of rotatable bonds is 6. The molecule has 4 unspecified atom stereocenters. The average molecular weight is 773 g/mol. The molecule has 4 aliphatic carbocycles. The lowest BCUT2D eigenvalue weighted by Crippen LogP contribution is -2.34. The summed E-state index contributed by atoms with van der Waals surface area (Å²) < 4.78 is 5.46. The number of carbonyl (C=O) groups is 2. The minimum atomic E-state index is -0.631. The second-order valence-electron chi connectivity index (χ2n) is 21.1. The molecule has 302 valence electrons. The monoisotopic (exact) mass is 772 g/mol. The molecule has 8 rings (SSSR count). The fourth-order valence-electron chi connectivity index (χ4n) is 11.3. The number of carbonyl (C=O) groups excluding carboxylic acids is 2. The summed E-state index contributed by atoms with van der Waals surface area (Å²) in [5.74, 6) is -0.252. The van der Waals surface area contributed by atoms with Crippen molar-refractivity contribution in [1.29, 1.82) is 0 Å². The van der Waals surface area contributed by atoms with Crippen LogP contribution in [0.5, 0.6) is 0 Å². The predicted molar refractivity (Wildman–Crippen MR) is 239 cm³/mol. The Morgan fingerprint density at radius 3 is 1.41 bits per heavy atom. The van der Waals surface area contributed by atoms with Crippen LogP contribution in [0.4, 0.5) is 0 Å². The van der Waals surface area contributed by atoms with Crippen LogP contribution in [0.15, 0.2) is 103 Å². The largest absolute Gasteiger partial charge is 0.386 e. The molecule has 0 aliphatic heterocycles. The van der Waals surface area contributed by atoms with Gasteiger partial charge in [0.15, 0.2) is 0 Å². The Balaban J connectivity index is 0.958. The van der Waals surface area contributed by atoms with Gasteiger partial charge < -0.3 is 4.74 Å². The first-order valence-corrected chi connectivity index (χ1v) is 21.9. The van der Waals surface area contributed by atoms with Crippen LogP contribution in [-0.4, -0.2) is 11.9 Å². The molecule has 0 spiro atoms. The second kappa shape index (κ2) is 14.4. The predicted octanol–water partition coefficient (Wildman–Crippen LogP) is 14.1. The Kier molecular flexibility index (Phi) is 9.97. The number of ether oxygens (including phenoxy) is 1. The second-order valence-corrected chi connectivity index (χ2v) is 21.1. The highest BCUT2D eigenvalue weighted by molar-refractivity contribution is 6.02. The van der Waals surface area contributed by atoms with Crippen LogP contribution in [0.1, 0.15) is 201 Å². The van der Waals surface area contributed by atoms with E-state index in [0.717, 1.165) is 25.7 Å². The standard InChI is InChI=1S/C55H64O3/c1-33-12-23-41(48(33)40-22-25-44-46(31-40)54(8,9)27-26-52(44,4)5)36-14-18-38(19-15-36)50(56)58-51(57)39-20-16-37(17-21-39)42-24-13-34(2)49(42)43-32-47-45(30-35(43)3)53(6,7)28-29-55(47,10)11/h14-22,25,30-32,41-42,48-49H,1-2,12-13,23-24,26-29H2,3-11H3. The van der Waals surface area contributed by atoms with Crippen LogP contribution in [0.25, 0.3) is 0 Å². The maximum absolute atomic E-state index is 13.3. The molecule has 4 aliphatic rings. The summed E-state index contributed by atoms with van der Waals surface area (Å²) in [7, 11) is 0. The van der Waals surface area contributed by atoms with Crippen molar-refractivity contribution >= 4 is 11.9 Å². The van der Waals surface area contributed by atoms with Gasteiger partial charge in [-0.2, -0.15) is 0 Å². The molecule has 0 amide bonds. The van der Waals surface area contributed by atoms with Crippen molar-refractivity contribution in [2.75, 3.05) is 0 Å². The van der Waals surface area contributed by atoms with Gasteiger partial charge >= 0.3 is 11.9 Å². The van der Waals surface area contributed by atoms with Crippen molar-refractivity contribution in [2.45, 2.75) is 159 Å². The minimum Gasteiger partial charge on any atom is -0.386 e. The topological polar surface area (TPSA) is 43.4 Å². The summed E-state index contributed by atoms with van der Waals surface area (Å²) in [6.07, 6.45) is 8.77. The first-order chi connectivity index (χ1) is 27.3. The highest BCUT2D eigenvalue weighted by Crippen LogP contribution is 2.54. The van der Waals surface area contributed by atoms with Crippen LogP contribution >= 0.6 is 0 Å². The van der Waals surface area contributed by atoms with Crippen molar-refractivity contribution in [3.63, 3.8) is 0 Å². The molecule has 58 heavy (non-hydrogen) atoms. The molecule has 0 saturated heterocycles. The number of hydrogen-bond acceptors (Lipinski definition) is 3. The third kappa shape index (κ3) is 7.05. The smallest absolute Gasteiger partial charge is 0.346 e. The van der Waals surface area contributed by atoms with E-state index < -0.39 is 11.9 Å². The van der Waals surface area contributed by atoms with E-state index in [0.29, 0.717) is 11.1 Å². The van der Waals surface area contributed by atoms with Gasteiger partial charge in [0.1, 0.15) is 0 Å². The zero-order valence-corrected chi connectivity index (χ0v) is 36.6. The molecule has 2 saturated carbocycles. The van der Waals surface area contributed by atoms with Crippen molar-refractivity contribution in [2.24, 2.45) is 0 Å². The third-order valence-corrected chi connectivity index (χ3v) is 15.4. The number of aryl methyl sites for hydroxylation is 1. The van der Waals surface area contributed by atoms with Gasteiger partial charge in [0.2, 0.25) is 0 Å². The summed E-state index contributed by atoms with van der Waals surface area (Å²) in [4.78, 5) is 26.6. The summed E-state index contributed by atoms with van der Waals surface area (Å²) in [5.41, 5.74) is 16.3. The Morgan fingerprint density at radius 1 is 0.517 bits per heavy atom. The SMILES string of the molecule is C=C1CCC(c2ccc(C(=O)OC(=O)c3ccc(C4CCC(=C)C4c4cc5c(cc4C)C(C)(C)CCC5(C)C)cc3)cc2)C1c1ccc2c(c1)C(C)(C)CCC2(C)C. The molecule has 0 aromatic heterocycles. The van der Waals surface area contributed by atoms with Crippen LogP contribution in [0.2, 0.25) is 0 Å². The van der Waals surface area contributed by atoms with E-state index >= 15 is 0 Å². The van der Waals surface area contributed by atoms with E-state index in [4.69, 9.17) is 4.74 Å². The molecule has 4 atom stereocenters. The third-order valence-electron chi connectivity index (χ3n) is 15.4. The molecule has 0 radical (unpaired) electrons. The van der Waals surface area contributed by atoms with E-state index in [1.54, 1.807) is 0 Å². The molecule has 3 heteroatoms. The van der Waals surface area contributed by atoms with Gasteiger partial charge in [0.05, 0.1) is 11.1 Å². The summed E-state index contributed by atoms with van der Waals surface area (Å²) >= 11 is 0. The van der Waals surface area contributed by atoms with Crippen molar-refractivity contribution < 1.29 is 14.3 Å². The van der Waals surface area contributed by atoms with E-state index in [1.165, 1.54) is 86.9 Å². The molecule has 2 fully saturated rings. The lowest BCUT2D eigenvalue weighted by atomic mass is 9.62. The van der Waals surface area contributed by atoms with Gasteiger partial charge in [-0.25, -0.2) is 9.59 Å². The molecule has 4 aromatic rings. The Bertz CT molecular complexity index is 2310. The van der Waals surface area contributed by atoms with Crippen molar-refractivity contribution in [1.82, 2.24) is 0 Å². The zero-order valence-electron chi connectivity index (χ0n) is 36.6. The Morgan fingerprint density at radius 2 is 0.914 bits per heavy atom. The normalized spacial score (nSPS) is 25.2. The van der Waals surface area contributed by atoms with Gasteiger partial charge in [-0.05, 0) is 166 Å². The molecule has 3 nitrogen and oxygen atoms in total. The minimum absolute atomic E-state index is 0.136. The van der Waals surface area contributed by atoms with Crippen molar-refractivity contribution in [3.05, 3.63) is 164 Å². The van der Waals surface area contributed by atoms with E-state index in [2.05, 4.69) is 106 Å². The number of benzene rings is 4. The van der Waals surface area contributed by atoms with Gasteiger partial charge in [-0.1, -0.05) is 134 Å². The number of hydrogen-bond donors (Lipinski definition) is 0. The van der Waals surface area contributed by atoms with Gasteiger partial charge in [0, 0.05) is 11.8 Å². The molecule has 4 aromatic carbocycles. The fourth-order valence-corrected chi connectivity index (χ4v) is 11.3. The molecule has 0 N–H and O–H groups in total. The first kappa shape index (κ1) is 40.3. The van der Waals surface area contributed by atoms with Crippen LogP contribution in [-0.2, 0) is 26.4 Å². The molecule has 0 bridgehead atoms. The maximum atomic E-state index is 13.3. The Hall–Kier alpha value is -4.50. The Labute approximate surface area is 348 Å². The van der Waals surface area contributed by atoms with E-state index in [-0.39, 0.29) is 45.3 Å². The number of allylic oxidation sites excluding steroid dienone is 2. The van der Waals surface area contributed by atoms with Crippen molar-refractivity contribution in [3.8, 4) is 0 Å². The average Bonchev–Trinajstić information content (AvgIpc) is 3.77. The van der Waals surface area contributed by atoms with Crippen LogP contribution in [0, 0.1) is 6.92 Å².